The van der Waals surface area contributed by atoms with E-state index in [1.54, 1.807) is 0 Å². The summed E-state index contributed by atoms with van der Waals surface area (Å²) in [6.45, 7) is 2.14. The number of carbonyl (C=O) groups excluding carboxylic acids is 1. The Balaban J connectivity index is 1.89. The molecule has 1 nitrogen and oxygen atoms in total. The maximum atomic E-state index is 12.9. The molecule has 0 N–H and O–H groups in total. The molecule has 4 rings (SSSR count). The molecule has 0 radical (unpaired) electrons. The zero-order valence-corrected chi connectivity index (χ0v) is 12.2. The zero-order chi connectivity index (χ0) is 14.4. The molecular weight excluding hydrogens is 256 g/mol. The molecule has 0 saturated carbocycles. The van der Waals surface area contributed by atoms with E-state index in [0.29, 0.717) is 12.2 Å². The fraction of sp³-hybridized carbons (Fsp3) is 0.250. The highest BCUT2D eigenvalue weighted by molar-refractivity contribution is 6.01. The van der Waals surface area contributed by atoms with Crippen molar-refractivity contribution in [3.05, 3.63) is 76.4 Å². The van der Waals surface area contributed by atoms with Gasteiger partial charge in [-0.3, -0.25) is 4.79 Å². The van der Waals surface area contributed by atoms with E-state index in [2.05, 4.69) is 55.5 Å². The number of allylic oxidation sites excluding steroid dienone is 1. The molecule has 2 aromatic carbocycles. The second-order valence-corrected chi connectivity index (χ2v) is 6.06. The molecule has 0 aromatic heterocycles. The number of fused-ring (bicyclic) bond motifs is 2. The van der Waals surface area contributed by atoms with Gasteiger partial charge in [0.25, 0.3) is 0 Å². The maximum Gasteiger partial charge on any atom is 0.151 e. The molecule has 104 valence electrons. The lowest BCUT2D eigenvalue weighted by atomic mass is 9.71. The summed E-state index contributed by atoms with van der Waals surface area (Å²) < 4.78 is 0. The summed E-state index contributed by atoms with van der Waals surface area (Å²) in [6.07, 6.45) is 4.59. The van der Waals surface area contributed by atoms with Crippen LogP contribution in [0.15, 0.2) is 54.1 Å². The number of carbonyl (C=O) groups is 1. The third-order valence-electron chi connectivity index (χ3n) is 5.15. The van der Waals surface area contributed by atoms with Gasteiger partial charge in [0.1, 0.15) is 0 Å². The number of benzene rings is 2. The van der Waals surface area contributed by atoms with Crippen molar-refractivity contribution in [2.75, 3.05) is 0 Å². The molecule has 0 fully saturated rings. The quantitative estimate of drug-likeness (QED) is 0.805. The van der Waals surface area contributed by atoms with E-state index in [0.717, 1.165) is 12.8 Å². The molecule has 2 aliphatic rings. The largest absolute Gasteiger partial charge is 0.298 e. The predicted molar refractivity (Wildman–Crippen MR) is 85.2 cm³/mol. The Labute approximate surface area is 125 Å². The van der Waals surface area contributed by atoms with Crippen molar-refractivity contribution >= 4 is 11.9 Å². The van der Waals surface area contributed by atoms with Gasteiger partial charge in [0.2, 0.25) is 0 Å². The Kier molecular flexibility index (Phi) is 2.65. The van der Waals surface area contributed by atoms with Crippen molar-refractivity contribution in [2.45, 2.75) is 31.6 Å². The van der Waals surface area contributed by atoms with Crippen molar-refractivity contribution in [1.82, 2.24) is 0 Å². The van der Waals surface area contributed by atoms with Crippen LogP contribution < -0.4 is 0 Å². The van der Waals surface area contributed by atoms with Gasteiger partial charge in [-0.2, -0.15) is 0 Å². The molecule has 2 aromatic rings. The molecular formula is C20H18O. The monoisotopic (exact) mass is 274 g/mol. The van der Waals surface area contributed by atoms with Gasteiger partial charge in [-0.1, -0.05) is 61.5 Å². The van der Waals surface area contributed by atoms with Gasteiger partial charge in [0.05, 0.1) is 5.41 Å². The van der Waals surface area contributed by atoms with Crippen molar-refractivity contribution < 1.29 is 4.79 Å². The smallest absolute Gasteiger partial charge is 0.151 e. The van der Waals surface area contributed by atoms with Crippen LogP contribution >= 0.6 is 0 Å². The van der Waals surface area contributed by atoms with E-state index in [1.807, 2.05) is 6.07 Å². The van der Waals surface area contributed by atoms with Gasteiger partial charge < -0.3 is 0 Å². The zero-order valence-electron chi connectivity index (χ0n) is 12.2. The third kappa shape index (κ3) is 1.61. The van der Waals surface area contributed by atoms with Gasteiger partial charge in [-0.05, 0) is 40.7 Å². The number of ketones is 1. The predicted octanol–water partition coefficient (Wildman–Crippen LogP) is 4.10. The Hall–Kier alpha value is -2.15. The standard InChI is InChI=1S/C20H18O/c1-2-20(17-11-14-7-3-4-8-15(14)12-17)18-10-6-5-9-16(18)13-19(20)21/h3-11H,2,12-13H2,1H3. The first kappa shape index (κ1) is 12.6. The third-order valence-corrected chi connectivity index (χ3v) is 5.15. The average Bonchev–Trinajstić information content (AvgIpc) is 3.05. The minimum atomic E-state index is -0.393. The number of rotatable bonds is 2. The van der Waals surface area contributed by atoms with E-state index < -0.39 is 5.41 Å². The average molecular weight is 274 g/mol. The molecule has 1 heteroatoms. The lowest BCUT2D eigenvalue weighted by Gasteiger charge is -2.29. The van der Waals surface area contributed by atoms with E-state index in [-0.39, 0.29) is 0 Å². The fourth-order valence-corrected chi connectivity index (χ4v) is 4.09. The summed E-state index contributed by atoms with van der Waals surface area (Å²) in [5.41, 5.74) is 5.95. The Morgan fingerprint density at radius 1 is 0.952 bits per heavy atom. The van der Waals surface area contributed by atoms with Gasteiger partial charge >= 0.3 is 0 Å². The van der Waals surface area contributed by atoms with E-state index in [1.165, 1.54) is 27.8 Å². The van der Waals surface area contributed by atoms with Crippen LogP contribution in [-0.4, -0.2) is 5.78 Å². The SMILES string of the molecule is CCC1(C2=Cc3ccccc3C2)C(=O)Cc2ccccc21. The summed E-state index contributed by atoms with van der Waals surface area (Å²) in [5.74, 6) is 0.366. The Morgan fingerprint density at radius 3 is 2.43 bits per heavy atom. The van der Waals surface area contributed by atoms with Gasteiger partial charge in [0.15, 0.2) is 5.78 Å². The summed E-state index contributed by atoms with van der Waals surface area (Å²) in [7, 11) is 0. The number of hydrogen-bond donors (Lipinski definition) is 0. The van der Waals surface area contributed by atoms with E-state index in [9.17, 15) is 4.79 Å². The normalized spacial score (nSPS) is 22.9. The van der Waals surface area contributed by atoms with Crippen LogP contribution in [0.3, 0.4) is 0 Å². The summed E-state index contributed by atoms with van der Waals surface area (Å²) in [6, 6.07) is 16.8. The lowest BCUT2D eigenvalue weighted by molar-refractivity contribution is -0.121. The van der Waals surface area contributed by atoms with Crippen molar-refractivity contribution in [3.63, 3.8) is 0 Å². The van der Waals surface area contributed by atoms with Crippen LogP contribution in [0, 0.1) is 0 Å². The highest BCUT2D eigenvalue weighted by Gasteiger charge is 2.47. The minimum Gasteiger partial charge on any atom is -0.298 e. The van der Waals surface area contributed by atoms with E-state index >= 15 is 0 Å². The second-order valence-electron chi connectivity index (χ2n) is 6.06. The van der Waals surface area contributed by atoms with Crippen LogP contribution in [0.1, 0.15) is 35.6 Å². The van der Waals surface area contributed by atoms with Crippen LogP contribution in [0.25, 0.3) is 6.08 Å². The molecule has 2 aliphatic carbocycles. The van der Waals surface area contributed by atoms with Crippen LogP contribution in [0.4, 0.5) is 0 Å². The molecule has 0 amide bonds. The molecule has 21 heavy (non-hydrogen) atoms. The summed E-state index contributed by atoms with van der Waals surface area (Å²) in [4.78, 5) is 12.9. The fourth-order valence-electron chi connectivity index (χ4n) is 4.09. The van der Waals surface area contributed by atoms with Crippen LogP contribution in [-0.2, 0) is 23.1 Å². The molecule has 0 aliphatic heterocycles. The first-order chi connectivity index (χ1) is 10.3. The lowest BCUT2D eigenvalue weighted by Crippen LogP contribution is -2.33. The first-order valence-corrected chi connectivity index (χ1v) is 7.66. The van der Waals surface area contributed by atoms with Crippen LogP contribution in [0.2, 0.25) is 0 Å². The molecule has 0 heterocycles. The van der Waals surface area contributed by atoms with Crippen molar-refractivity contribution in [3.8, 4) is 0 Å². The number of Topliss-reactive ketones (excluding diaryl/α,β-unsaturated/α-hetero) is 1. The van der Waals surface area contributed by atoms with Crippen LogP contribution in [0.5, 0.6) is 0 Å². The summed E-state index contributed by atoms with van der Waals surface area (Å²) >= 11 is 0. The molecule has 0 bridgehead atoms. The van der Waals surface area contributed by atoms with Gasteiger partial charge in [-0.15, -0.1) is 0 Å². The van der Waals surface area contributed by atoms with Gasteiger partial charge in [0, 0.05) is 6.42 Å². The Morgan fingerprint density at radius 2 is 1.67 bits per heavy atom. The molecule has 1 atom stereocenters. The highest BCUT2D eigenvalue weighted by Crippen LogP contribution is 2.48. The first-order valence-electron chi connectivity index (χ1n) is 7.66. The molecule has 0 saturated heterocycles. The summed E-state index contributed by atoms with van der Waals surface area (Å²) in [5, 5.41) is 0. The van der Waals surface area contributed by atoms with Crippen molar-refractivity contribution in [2.24, 2.45) is 0 Å². The topological polar surface area (TPSA) is 17.1 Å². The van der Waals surface area contributed by atoms with Crippen molar-refractivity contribution in [1.29, 1.82) is 0 Å². The minimum absolute atomic E-state index is 0.366. The van der Waals surface area contributed by atoms with Gasteiger partial charge in [-0.25, -0.2) is 0 Å². The highest BCUT2D eigenvalue weighted by atomic mass is 16.1. The molecule has 0 spiro atoms. The maximum absolute atomic E-state index is 12.9. The second kappa shape index (κ2) is 4.42. The molecule has 1 unspecified atom stereocenters. The van der Waals surface area contributed by atoms with E-state index in [4.69, 9.17) is 0 Å². The Bertz CT molecular complexity index is 769. The number of hydrogen-bond acceptors (Lipinski definition) is 1.